The summed E-state index contributed by atoms with van der Waals surface area (Å²) in [6.07, 6.45) is 6.84. The van der Waals surface area contributed by atoms with Crippen LogP contribution in [0.25, 0.3) is 0 Å². The third-order valence-corrected chi connectivity index (χ3v) is 7.73. The van der Waals surface area contributed by atoms with Crippen molar-refractivity contribution >= 4 is 14.3 Å². The van der Waals surface area contributed by atoms with E-state index in [1.807, 2.05) is 32.9 Å². The smallest absolute Gasteiger partial charge is 0.331 e. The maximum absolute atomic E-state index is 11.4. The van der Waals surface area contributed by atoms with Crippen molar-refractivity contribution in [2.45, 2.75) is 65.3 Å². The van der Waals surface area contributed by atoms with Crippen LogP contribution < -0.4 is 0 Å². The van der Waals surface area contributed by atoms with Crippen LogP contribution in [-0.2, 0) is 14.0 Å². The van der Waals surface area contributed by atoms with E-state index in [9.17, 15) is 4.79 Å². The summed E-state index contributed by atoms with van der Waals surface area (Å²) < 4.78 is 11.1. The number of esters is 1. The quantitative estimate of drug-likeness (QED) is 0.325. The summed E-state index contributed by atoms with van der Waals surface area (Å²) in [5.41, 5.74) is -0.448. The van der Waals surface area contributed by atoms with Gasteiger partial charge in [0.05, 0.1) is 6.61 Å². The molecule has 0 saturated carbocycles. The minimum Gasteiger partial charge on any atom is -0.457 e. The van der Waals surface area contributed by atoms with Crippen LogP contribution in [0.1, 0.15) is 41.5 Å². The van der Waals surface area contributed by atoms with Crippen LogP contribution in [-0.4, -0.2) is 26.5 Å². The zero-order chi connectivity index (χ0) is 16.0. The number of allylic oxidation sites excluding steroid dienone is 2. The Labute approximate surface area is 125 Å². The topological polar surface area (TPSA) is 35.5 Å². The predicted octanol–water partition coefficient (Wildman–Crippen LogP) is 4.46. The Morgan fingerprint density at radius 3 is 2.05 bits per heavy atom. The molecule has 3 nitrogen and oxygen atoms in total. The molecule has 0 bridgehead atoms. The van der Waals surface area contributed by atoms with Crippen LogP contribution >= 0.6 is 0 Å². The van der Waals surface area contributed by atoms with Gasteiger partial charge in [-0.25, -0.2) is 4.79 Å². The SMILES string of the molecule is CC(C)(C)OC(=O)/C=C/C=C/CO[Si](C)(C)C(C)(C)C. The molecule has 0 heterocycles. The highest BCUT2D eigenvalue weighted by molar-refractivity contribution is 6.74. The highest BCUT2D eigenvalue weighted by Gasteiger charge is 2.36. The van der Waals surface area contributed by atoms with Gasteiger partial charge in [-0.15, -0.1) is 0 Å². The molecule has 0 spiro atoms. The van der Waals surface area contributed by atoms with E-state index in [0.717, 1.165) is 0 Å². The van der Waals surface area contributed by atoms with E-state index >= 15 is 0 Å². The maximum Gasteiger partial charge on any atom is 0.331 e. The lowest BCUT2D eigenvalue weighted by Gasteiger charge is -2.35. The Kier molecular flexibility index (Phi) is 6.91. The second-order valence-electron chi connectivity index (χ2n) is 7.39. The standard InChI is InChI=1S/C16H30O3Si/c1-15(2,3)19-14(17)12-10-9-11-13-18-20(7,8)16(4,5)6/h9-12H,13H2,1-8H3/b11-9+,12-10+. The molecular formula is C16H30O3Si. The van der Waals surface area contributed by atoms with E-state index in [1.165, 1.54) is 6.08 Å². The largest absolute Gasteiger partial charge is 0.457 e. The number of rotatable bonds is 5. The summed E-state index contributed by atoms with van der Waals surface area (Å²) in [5.74, 6) is -0.326. The molecule has 0 aliphatic rings. The fourth-order valence-electron chi connectivity index (χ4n) is 1.08. The Balaban J connectivity index is 4.14. The van der Waals surface area contributed by atoms with Crippen LogP contribution in [0.15, 0.2) is 24.3 Å². The minimum atomic E-state index is -1.69. The van der Waals surface area contributed by atoms with Gasteiger partial charge in [0.2, 0.25) is 0 Å². The lowest BCUT2D eigenvalue weighted by Crippen LogP contribution is -2.40. The Morgan fingerprint density at radius 1 is 1.05 bits per heavy atom. The molecule has 0 aromatic heterocycles. The Hall–Kier alpha value is -0.873. The van der Waals surface area contributed by atoms with Crippen LogP contribution in [0.3, 0.4) is 0 Å². The van der Waals surface area contributed by atoms with Crippen molar-refractivity contribution in [3.8, 4) is 0 Å². The monoisotopic (exact) mass is 298 g/mol. The summed E-state index contributed by atoms with van der Waals surface area (Å²) in [6.45, 7) is 17.2. The second kappa shape index (κ2) is 7.23. The van der Waals surface area contributed by atoms with Gasteiger partial charge in [-0.1, -0.05) is 39.0 Å². The molecule has 0 aromatic carbocycles. The van der Waals surface area contributed by atoms with Crippen molar-refractivity contribution in [1.82, 2.24) is 0 Å². The maximum atomic E-state index is 11.4. The molecule has 20 heavy (non-hydrogen) atoms. The molecule has 0 rings (SSSR count). The van der Waals surface area contributed by atoms with Gasteiger partial charge >= 0.3 is 5.97 Å². The van der Waals surface area contributed by atoms with Crippen molar-refractivity contribution in [2.24, 2.45) is 0 Å². The van der Waals surface area contributed by atoms with Crippen molar-refractivity contribution < 1.29 is 14.0 Å². The first-order valence-electron chi connectivity index (χ1n) is 7.05. The first kappa shape index (κ1) is 19.1. The third kappa shape index (κ3) is 8.33. The van der Waals surface area contributed by atoms with Gasteiger partial charge in [-0.3, -0.25) is 0 Å². The summed E-state index contributed by atoms with van der Waals surface area (Å²) in [5, 5.41) is 0.215. The van der Waals surface area contributed by atoms with Gasteiger partial charge in [0.15, 0.2) is 8.32 Å². The summed E-state index contributed by atoms with van der Waals surface area (Å²) in [4.78, 5) is 11.4. The molecule has 0 aliphatic heterocycles. The Bertz CT molecular complexity index is 368. The van der Waals surface area contributed by atoms with Crippen LogP contribution in [0, 0.1) is 0 Å². The van der Waals surface area contributed by atoms with E-state index < -0.39 is 13.9 Å². The first-order chi connectivity index (χ1) is 8.85. The molecule has 0 fully saturated rings. The van der Waals surface area contributed by atoms with Crippen molar-refractivity contribution in [3.05, 3.63) is 24.3 Å². The number of carbonyl (C=O) groups excluding carboxylic acids is 1. The third-order valence-electron chi connectivity index (χ3n) is 3.23. The number of hydrogen-bond acceptors (Lipinski definition) is 3. The van der Waals surface area contributed by atoms with Crippen molar-refractivity contribution in [1.29, 1.82) is 0 Å². The van der Waals surface area contributed by atoms with E-state index in [0.29, 0.717) is 6.61 Å². The van der Waals surface area contributed by atoms with E-state index in [2.05, 4.69) is 33.9 Å². The van der Waals surface area contributed by atoms with Gasteiger partial charge in [0.25, 0.3) is 0 Å². The Morgan fingerprint density at radius 2 is 1.60 bits per heavy atom. The lowest BCUT2D eigenvalue weighted by molar-refractivity contribution is -0.148. The molecule has 0 aliphatic carbocycles. The fraction of sp³-hybridized carbons (Fsp3) is 0.688. The second-order valence-corrected chi connectivity index (χ2v) is 12.2. The molecular weight excluding hydrogens is 268 g/mol. The molecule has 0 saturated heterocycles. The zero-order valence-electron chi connectivity index (χ0n) is 14.2. The highest BCUT2D eigenvalue weighted by Crippen LogP contribution is 2.36. The highest BCUT2D eigenvalue weighted by atomic mass is 28.4. The van der Waals surface area contributed by atoms with Crippen LogP contribution in [0.2, 0.25) is 18.1 Å². The molecule has 0 N–H and O–H groups in total. The number of hydrogen-bond donors (Lipinski definition) is 0. The summed E-state index contributed by atoms with van der Waals surface area (Å²) in [6, 6.07) is 0. The number of carbonyl (C=O) groups is 1. The predicted molar refractivity (Wildman–Crippen MR) is 87.3 cm³/mol. The van der Waals surface area contributed by atoms with Crippen molar-refractivity contribution in [2.75, 3.05) is 6.61 Å². The molecule has 0 atom stereocenters. The first-order valence-corrected chi connectivity index (χ1v) is 9.96. The molecule has 0 amide bonds. The zero-order valence-corrected chi connectivity index (χ0v) is 15.2. The average molecular weight is 298 g/mol. The minimum absolute atomic E-state index is 0.215. The number of ether oxygens (including phenoxy) is 1. The van der Waals surface area contributed by atoms with Gasteiger partial charge in [0, 0.05) is 6.08 Å². The molecule has 4 heteroatoms. The van der Waals surface area contributed by atoms with Gasteiger partial charge in [-0.05, 0) is 38.9 Å². The van der Waals surface area contributed by atoms with Crippen LogP contribution in [0.5, 0.6) is 0 Å². The molecule has 0 unspecified atom stereocenters. The summed E-state index contributed by atoms with van der Waals surface area (Å²) in [7, 11) is -1.69. The van der Waals surface area contributed by atoms with Crippen molar-refractivity contribution in [3.63, 3.8) is 0 Å². The average Bonchev–Trinajstić information content (AvgIpc) is 2.18. The summed E-state index contributed by atoms with van der Waals surface area (Å²) >= 11 is 0. The van der Waals surface area contributed by atoms with E-state index in [-0.39, 0.29) is 11.0 Å². The normalized spacial score (nSPS) is 14.2. The van der Waals surface area contributed by atoms with Gasteiger partial charge in [0.1, 0.15) is 5.60 Å². The molecule has 0 aromatic rings. The van der Waals surface area contributed by atoms with E-state index in [4.69, 9.17) is 9.16 Å². The fourth-order valence-corrected chi connectivity index (χ4v) is 2.02. The molecule has 0 radical (unpaired) electrons. The van der Waals surface area contributed by atoms with Gasteiger partial charge in [-0.2, -0.15) is 0 Å². The van der Waals surface area contributed by atoms with E-state index in [1.54, 1.807) is 6.08 Å². The lowest BCUT2D eigenvalue weighted by atomic mass is 10.2. The van der Waals surface area contributed by atoms with Gasteiger partial charge < -0.3 is 9.16 Å². The molecule has 116 valence electrons. The van der Waals surface area contributed by atoms with Crippen LogP contribution in [0.4, 0.5) is 0 Å².